The van der Waals surface area contributed by atoms with Crippen molar-refractivity contribution < 1.29 is 9.90 Å². The van der Waals surface area contributed by atoms with Crippen LogP contribution in [0.25, 0.3) is 0 Å². The fourth-order valence-corrected chi connectivity index (χ4v) is 5.67. The van der Waals surface area contributed by atoms with Crippen molar-refractivity contribution >= 4 is 11.7 Å². The molecule has 0 unspecified atom stereocenters. The van der Waals surface area contributed by atoms with Crippen LogP contribution >= 0.6 is 0 Å². The molecule has 3 heteroatoms. The van der Waals surface area contributed by atoms with Crippen molar-refractivity contribution in [2.24, 2.45) is 17.8 Å². The number of fused-ring (bicyclic) bond motifs is 7. The summed E-state index contributed by atoms with van der Waals surface area (Å²) in [6, 6.07) is 16.3. The highest BCUT2D eigenvalue weighted by Crippen LogP contribution is 2.63. The molecule has 2 aliphatic carbocycles. The number of rotatable bonds is 2. The Morgan fingerprint density at radius 3 is 2.58 bits per heavy atom. The molecular weight excluding hydrogens is 298 g/mol. The fourth-order valence-electron chi connectivity index (χ4n) is 5.67. The Hall–Kier alpha value is -2.29. The minimum Gasteiger partial charge on any atom is -0.545 e. The van der Waals surface area contributed by atoms with Crippen LogP contribution in [0, 0.1) is 17.8 Å². The van der Waals surface area contributed by atoms with Crippen LogP contribution in [0.4, 0.5) is 5.69 Å². The summed E-state index contributed by atoms with van der Waals surface area (Å²) in [5.74, 6) is 1.40. The number of benzene rings is 2. The summed E-state index contributed by atoms with van der Waals surface area (Å²) in [4.78, 5) is 11.6. The second-order valence-corrected chi connectivity index (χ2v) is 7.53. The normalized spacial score (nSPS) is 32.8. The summed E-state index contributed by atoms with van der Waals surface area (Å²) in [5, 5.41) is 15.2. The molecule has 0 spiro atoms. The molecule has 2 saturated carbocycles. The molecule has 5 rings (SSSR count). The Labute approximate surface area is 141 Å². The van der Waals surface area contributed by atoms with Gasteiger partial charge in [0.1, 0.15) is 0 Å². The van der Waals surface area contributed by atoms with Crippen molar-refractivity contribution in [2.45, 2.75) is 31.2 Å². The van der Waals surface area contributed by atoms with Gasteiger partial charge in [-0.25, -0.2) is 0 Å². The molecule has 1 N–H and O–H groups in total. The lowest BCUT2D eigenvalue weighted by molar-refractivity contribution is -0.254. The summed E-state index contributed by atoms with van der Waals surface area (Å²) in [5.41, 5.74) is 3.55. The number of aromatic carboxylic acids is 1. The first-order chi connectivity index (χ1) is 11.7. The van der Waals surface area contributed by atoms with E-state index in [1.165, 1.54) is 30.4 Å². The third-order valence-electron chi connectivity index (χ3n) is 6.50. The number of carbonyl (C=O) groups excluding carboxylic acids is 1. The maximum atomic E-state index is 11.6. The first kappa shape index (κ1) is 14.1. The van der Waals surface area contributed by atoms with E-state index < -0.39 is 5.97 Å². The Morgan fingerprint density at radius 1 is 1.00 bits per heavy atom. The maximum Gasteiger partial charge on any atom is 0.0736 e. The monoisotopic (exact) mass is 318 g/mol. The van der Waals surface area contributed by atoms with Crippen LogP contribution < -0.4 is 10.4 Å². The van der Waals surface area contributed by atoms with Gasteiger partial charge >= 0.3 is 0 Å². The molecule has 0 saturated heterocycles. The molecule has 2 aromatic carbocycles. The molecule has 0 aromatic heterocycles. The average Bonchev–Trinajstić information content (AvgIpc) is 3.23. The van der Waals surface area contributed by atoms with Crippen LogP contribution in [0.1, 0.15) is 52.7 Å². The number of hydrogen-bond acceptors (Lipinski definition) is 3. The standard InChI is InChI=1S/C21H21NO2/c23-21(24)16-8-4-7-15-17-13-9-10-14(11-13)18(17)19(22-20(15)16)12-5-2-1-3-6-12/h1-8,13-14,17-19,22H,9-11H2,(H,23,24)/p-1/t13-,14-,17+,18+,19+/m0/s1. The van der Waals surface area contributed by atoms with E-state index in [0.29, 0.717) is 23.3 Å². The number of hydrogen-bond donors (Lipinski definition) is 1. The van der Waals surface area contributed by atoms with E-state index >= 15 is 0 Å². The van der Waals surface area contributed by atoms with Crippen LogP contribution in [-0.4, -0.2) is 5.97 Å². The van der Waals surface area contributed by atoms with Crippen molar-refractivity contribution in [2.75, 3.05) is 5.32 Å². The van der Waals surface area contributed by atoms with Crippen molar-refractivity contribution in [3.05, 3.63) is 65.2 Å². The lowest BCUT2D eigenvalue weighted by atomic mass is 9.67. The zero-order chi connectivity index (χ0) is 16.3. The molecule has 0 radical (unpaired) electrons. The van der Waals surface area contributed by atoms with Crippen molar-refractivity contribution in [1.29, 1.82) is 0 Å². The van der Waals surface area contributed by atoms with Gasteiger partial charge in [-0.2, -0.15) is 0 Å². The van der Waals surface area contributed by atoms with Gasteiger partial charge < -0.3 is 15.2 Å². The highest BCUT2D eigenvalue weighted by molar-refractivity contribution is 5.94. The van der Waals surface area contributed by atoms with Crippen molar-refractivity contribution in [1.82, 2.24) is 0 Å². The predicted molar refractivity (Wildman–Crippen MR) is 90.6 cm³/mol. The quantitative estimate of drug-likeness (QED) is 0.924. The molecule has 24 heavy (non-hydrogen) atoms. The van der Waals surface area contributed by atoms with E-state index in [0.717, 1.165) is 11.6 Å². The van der Waals surface area contributed by atoms with Crippen LogP contribution in [-0.2, 0) is 0 Å². The fraction of sp³-hybridized carbons (Fsp3) is 0.381. The van der Waals surface area contributed by atoms with E-state index in [9.17, 15) is 9.90 Å². The van der Waals surface area contributed by atoms with Crippen LogP contribution in [0.15, 0.2) is 48.5 Å². The lowest BCUT2D eigenvalue weighted by Crippen LogP contribution is -2.37. The summed E-state index contributed by atoms with van der Waals surface area (Å²) >= 11 is 0. The zero-order valence-corrected chi connectivity index (χ0v) is 13.4. The van der Waals surface area contributed by atoms with Gasteiger partial charge in [0.2, 0.25) is 0 Å². The number of carbonyl (C=O) groups is 1. The lowest BCUT2D eigenvalue weighted by Gasteiger charge is -2.44. The molecule has 5 atom stereocenters. The molecular formula is C21H20NO2-. The number of nitrogens with one attached hydrogen (secondary N) is 1. The molecule has 3 aliphatic rings. The highest BCUT2D eigenvalue weighted by atomic mass is 16.4. The second kappa shape index (κ2) is 5.10. The van der Waals surface area contributed by atoms with Crippen molar-refractivity contribution in [3.8, 4) is 0 Å². The van der Waals surface area contributed by atoms with Crippen molar-refractivity contribution in [3.63, 3.8) is 0 Å². The third kappa shape index (κ3) is 1.87. The molecule has 3 nitrogen and oxygen atoms in total. The minimum atomic E-state index is -1.09. The molecule has 0 amide bonds. The van der Waals surface area contributed by atoms with Gasteiger partial charge in [0.05, 0.1) is 12.0 Å². The van der Waals surface area contributed by atoms with E-state index in [1.54, 1.807) is 6.07 Å². The number of anilines is 1. The van der Waals surface area contributed by atoms with Gasteiger partial charge in [0.15, 0.2) is 0 Å². The highest BCUT2D eigenvalue weighted by Gasteiger charge is 2.53. The number of carboxylic acid groups (broad SMARTS) is 1. The van der Waals surface area contributed by atoms with Gasteiger partial charge in [0, 0.05) is 11.3 Å². The smallest absolute Gasteiger partial charge is 0.0736 e. The SMILES string of the molecule is O=C([O-])c1cccc2c1N[C@H](c1ccccc1)[C@@H]1[C@H]3CC[C@@H](C3)[C@H]21. The van der Waals surface area contributed by atoms with Gasteiger partial charge in [-0.05, 0) is 54.1 Å². The molecule has 2 bridgehead atoms. The summed E-state index contributed by atoms with van der Waals surface area (Å²) in [6.07, 6.45) is 3.88. The molecule has 1 aliphatic heterocycles. The number of para-hydroxylation sites is 1. The van der Waals surface area contributed by atoms with Crippen LogP contribution in [0.2, 0.25) is 0 Å². The average molecular weight is 318 g/mol. The predicted octanol–water partition coefficient (Wildman–Crippen LogP) is 3.35. The Morgan fingerprint density at radius 2 is 1.79 bits per heavy atom. The van der Waals surface area contributed by atoms with E-state index in [1.807, 2.05) is 12.1 Å². The van der Waals surface area contributed by atoms with Crippen LogP contribution in [0.5, 0.6) is 0 Å². The maximum absolute atomic E-state index is 11.6. The largest absolute Gasteiger partial charge is 0.545 e. The molecule has 122 valence electrons. The van der Waals surface area contributed by atoms with E-state index in [-0.39, 0.29) is 6.04 Å². The topological polar surface area (TPSA) is 52.2 Å². The van der Waals surface area contributed by atoms with Gasteiger partial charge in [-0.3, -0.25) is 0 Å². The van der Waals surface area contributed by atoms with Gasteiger partial charge in [-0.15, -0.1) is 0 Å². The second-order valence-electron chi connectivity index (χ2n) is 7.53. The van der Waals surface area contributed by atoms with E-state index in [2.05, 4.69) is 35.6 Å². The third-order valence-corrected chi connectivity index (χ3v) is 6.50. The van der Waals surface area contributed by atoms with E-state index in [4.69, 9.17) is 0 Å². The summed E-state index contributed by atoms with van der Waals surface area (Å²) in [6.45, 7) is 0. The first-order valence-corrected chi connectivity index (χ1v) is 8.90. The zero-order valence-electron chi connectivity index (χ0n) is 13.4. The Balaban J connectivity index is 1.69. The Bertz CT molecular complexity index is 801. The van der Waals surface area contributed by atoms with Gasteiger partial charge in [-0.1, -0.05) is 48.5 Å². The summed E-state index contributed by atoms with van der Waals surface area (Å²) in [7, 11) is 0. The first-order valence-electron chi connectivity index (χ1n) is 8.90. The molecule has 2 fully saturated rings. The molecule has 1 heterocycles. The molecule has 2 aromatic rings. The Kier molecular flexibility index (Phi) is 2.99. The summed E-state index contributed by atoms with van der Waals surface area (Å²) < 4.78 is 0. The van der Waals surface area contributed by atoms with Gasteiger partial charge in [0.25, 0.3) is 0 Å². The minimum absolute atomic E-state index is 0.194. The number of carboxylic acids is 1. The van der Waals surface area contributed by atoms with Crippen LogP contribution in [0.3, 0.4) is 0 Å².